The standard InChI is InChI=1S/C22H18Cl2O7/c1-11(25)30-19-16-10-13(27-2)6-8-14(16)18(20(28-3)21(19)29-4)31-22(26)15-7-5-12(23)9-17(15)24/h5-10H,1-4H3. The Kier molecular flexibility index (Phi) is 6.77. The largest absolute Gasteiger partial charge is 0.497 e. The van der Waals surface area contributed by atoms with Gasteiger partial charge in [0.1, 0.15) is 5.75 Å². The van der Waals surface area contributed by atoms with Crippen molar-refractivity contribution in [1.29, 1.82) is 0 Å². The number of ether oxygens (including phenoxy) is 5. The van der Waals surface area contributed by atoms with E-state index in [4.69, 9.17) is 46.9 Å². The molecular formula is C22H18Cl2O7. The maximum absolute atomic E-state index is 12.9. The molecule has 0 unspecified atom stereocenters. The highest BCUT2D eigenvalue weighted by atomic mass is 35.5. The Hall–Kier alpha value is -3.16. The maximum Gasteiger partial charge on any atom is 0.345 e. The van der Waals surface area contributed by atoms with Crippen LogP contribution in [0.15, 0.2) is 36.4 Å². The molecule has 31 heavy (non-hydrogen) atoms. The van der Waals surface area contributed by atoms with Crippen molar-refractivity contribution in [1.82, 2.24) is 0 Å². The normalized spacial score (nSPS) is 10.5. The monoisotopic (exact) mass is 464 g/mol. The molecule has 0 aliphatic carbocycles. The fourth-order valence-electron chi connectivity index (χ4n) is 3.01. The Bertz CT molecular complexity index is 1170. The van der Waals surface area contributed by atoms with Crippen molar-refractivity contribution in [3.63, 3.8) is 0 Å². The maximum atomic E-state index is 12.9. The second-order valence-electron chi connectivity index (χ2n) is 6.24. The molecule has 0 saturated carbocycles. The summed E-state index contributed by atoms with van der Waals surface area (Å²) >= 11 is 12.1. The predicted octanol–water partition coefficient (Wildman–Crippen LogP) is 5.32. The number of fused-ring (bicyclic) bond motifs is 1. The number of hydrogen-bond donors (Lipinski definition) is 0. The lowest BCUT2D eigenvalue weighted by Crippen LogP contribution is -2.12. The molecule has 0 amide bonds. The summed E-state index contributed by atoms with van der Waals surface area (Å²) in [6, 6.07) is 9.35. The first-order valence-corrected chi connectivity index (χ1v) is 9.67. The van der Waals surface area contributed by atoms with Gasteiger partial charge >= 0.3 is 11.9 Å². The third-order valence-corrected chi connectivity index (χ3v) is 4.88. The van der Waals surface area contributed by atoms with Crippen molar-refractivity contribution in [3.8, 4) is 28.7 Å². The van der Waals surface area contributed by atoms with E-state index in [2.05, 4.69) is 0 Å². The molecule has 0 bridgehead atoms. The third kappa shape index (κ3) is 4.47. The quantitative estimate of drug-likeness (QED) is 0.360. The van der Waals surface area contributed by atoms with Crippen molar-refractivity contribution in [2.24, 2.45) is 0 Å². The summed E-state index contributed by atoms with van der Waals surface area (Å²) in [5.41, 5.74) is 0.109. The van der Waals surface area contributed by atoms with Gasteiger partial charge in [0, 0.05) is 22.7 Å². The molecule has 0 radical (unpaired) electrons. The van der Waals surface area contributed by atoms with Crippen molar-refractivity contribution < 1.29 is 33.3 Å². The second-order valence-corrected chi connectivity index (χ2v) is 7.09. The van der Waals surface area contributed by atoms with Gasteiger partial charge in [0.25, 0.3) is 0 Å². The molecule has 9 heteroatoms. The lowest BCUT2D eigenvalue weighted by atomic mass is 10.1. The number of halogens is 2. The van der Waals surface area contributed by atoms with E-state index in [1.807, 2.05) is 0 Å². The Labute approximate surface area is 188 Å². The number of carbonyl (C=O) groups is 2. The molecule has 0 saturated heterocycles. The summed E-state index contributed by atoms with van der Waals surface area (Å²) in [5.74, 6) is -0.514. The molecule has 0 spiro atoms. The zero-order valence-electron chi connectivity index (χ0n) is 17.1. The van der Waals surface area contributed by atoms with E-state index in [9.17, 15) is 9.59 Å². The SMILES string of the molecule is COc1ccc2c(OC(=O)c3ccc(Cl)cc3Cl)c(OC)c(OC)c(OC(C)=O)c2c1. The van der Waals surface area contributed by atoms with Crippen LogP contribution in [-0.2, 0) is 4.79 Å². The Morgan fingerprint density at radius 2 is 1.39 bits per heavy atom. The molecule has 0 atom stereocenters. The van der Waals surface area contributed by atoms with Crippen molar-refractivity contribution in [3.05, 3.63) is 52.0 Å². The van der Waals surface area contributed by atoms with Crippen LogP contribution < -0.4 is 23.7 Å². The highest BCUT2D eigenvalue weighted by molar-refractivity contribution is 6.36. The van der Waals surface area contributed by atoms with Crippen molar-refractivity contribution in [2.45, 2.75) is 6.92 Å². The molecule has 0 heterocycles. The molecule has 0 aliphatic rings. The van der Waals surface area contributed by atoms with Crippen LogP contribution in [0.4, 0.5) is 0 Å². The van der Waals surface area contributed by atoms with Crippen LogP contribution in [0.5, 0.6) is 28.7 Å². The topological polar surface area (TPSA) is 80.3 Å². The summed E-state index contributed by atoms with van der Waals surface area (Å²) in [4.78, 5) is 24.6. The summed E-state index contributed by atoms with van der Waals surface area (Å²) in [6.45, 7) is 1.26. The van der Waals surface area contributed by atoms with Crippen molar-refractivity contribution >= 4 is 45.9 Å². The summed E-state index contributed by atoms with van der Waals surface area (Å²) in [5, 5.41) is 1.35. The van der Waals surface area contributed by atoms with E-state index in [1.165, 1.54) is 46.5 Å². The van der Waals surface area contributed by atoms with Crippen LogP contribution in [0.25, 0.3) is 10.8 Å². The minimum Gasteiger partial charge on any atom is -0.497 e. The van der Waals surface area contributed by atoms with Gasteiger partial charge in [0.05, 0.1) is 31.9 Å². The Balaban J connectivity index is 2.26. The zero-order valence-corrected chi connectivity index (χ0v) is 18.6. The lowest BCUT2D eigenvalue weighted by molar-refractivity contribution is -0.131. The highest BCUT2D eigenvalue weighted by Crippen LogP contribution is 2.52. The van der Waals surface area contributed by atoms with E-state index < -0.39 is 11.9 Å². The first-order chi connectivity index (χ1) is 14.8. The molecular weight excluding hydrogens is 447 g/mol. The van der Waals surface area contributed by atoms with Gasteiger partial charge in [-0.1, -0.05) is 23.2 Å². The fourth-order valence-corrected chi connectivity index (χ4v) is 3.49. The average molecular weight is 465 g/mol. The molecule has 0 aliphatic heterocycles. The lowest BCUT2D eigenvalue weighted by Gasteiger charge is -2.19. The third-order valence-electron chi connectivity index (χ3n) is 4.33. The van der Waals surface area contributed by atoms with E-state index in [0.29, 0.717) is 21.5 Å². The first-order valence-electron chi connectivity index (χ1n) is 8.92. The second kappa shape index (κ2) is 9.32. The number of hydrogen-bond acceptors (Lipinski definition) is 7. The fraction of sp³-hybridized carbons (Fsp3) is 0.182. The van der Waals surface area contributed by atoms with Gasteiger partial charge in [0.15, 0.2) is 11.5 Å². The predicted molar refractivity (Wildman–Crippen MR) is 116 cm³/mol. The van der Waals surface area contributed by atoms with Gasteiger partial charge in [-0.25, -0.2) is 4.79 Å². The number of esters is 2. The molecule has 0 fully saturated rings. The van der Waals surface area contributed by atoms with Crippen LogP contribution in [0, 0.1) is 0 Å². The van der Waals surface area contributed by atoms with Crippen LogP contribution in [-0.4, -0.2) is 33.3 Å². The van der Waals surface area contributed by atoms with E-state index >= 15 is 0 Å². The van der Waals surface area contributed by atoms with Gasteiger partial charge in [0.2, 0.25) is 11.5 Å². The highest BCUT2D eigenvalue weighted by Gasteiger charge is 2.27. The van der Waals surface area contributed by atoms with Crippen LogP contribution in [0.3, 0.4) is 0 Å². The van der Waals surface area contributed by atoms with Crippen LogP contribution in [0.1, 0.15) is 17.3 Å². The smallest absolute Gasteiger partial charge is 0.345 e. The van der Waals surface area contributed by atoms with Gasteiger partial charge in [-0.05, 0) is 36.4 Å². The minimum absolute atomic E-state index is 0.0592. The van der Waals surface area contributed by atoms with Crippen LogP contribution in [0.2, 0.25) is 10.0 Å². The van der Waals surface area contributed by atoms with Gasteiger partial charge in [-0.15, -0.1) is 0 Å². The zero-order chi connectivity index (χ0) is 22.7. The number of methoxy groups -OCH3 is 3. The number of benzene rings is 3. The molecule has 7 nitrogen and oxygen atoms in total. The van der Waals surface area contributed by atoms with Crippen LogP contribution >= 0.6 is 23.2 Å². The Morgan fingerprint density at radius 1 is 0.742 bits per heavy atom. The Morgan fingerprint density at radius 3 is 1.94 bits per heavy atom. The van der Waals surface area contributed by atoms with Gasteiger partial charge < -0.3 is 23.7 Å². The molecule has 162 valence electrons. The molecule has 0 N–H and O–H groups in total. The molecule has 3 aromatic carbocycles. The molecule has 3 aromatic rings. The van der Waals surface area contributed by atoms with E-state index in [1.54, 1.807) is 18.2 Å². The minimum atomic E-state index is -0.737. The van der Waals surface area contributed by atoms with E-state index in [0.717, 1.165) is 0 Å². The summed E-state index contributed by atoms with van der Waals surface area (Å²) < 4.78 is 27.3. The van der Waals surface area contributed by atoms with Crippen molar-refractivity contribution in [2.75, 3.05) is 21.3 Å². The number of carbonyl (C=O) groups excluding carboxylic acids is 2. The van der Waals surface area contributed by atoms with Gasteiger partial charge in [-0.2, -0.15) is 0 Å². The van der Waals surface area contributed by atoms with Gasteiger partial charge in [-0.3, -0.25) is 4.79 Å². The molecule has 3 rings (SSSR count). The summed E-state index contributed by atoms with van der Waals surface area (Å²) in [6.07, 6.45) is 0. The molecule has 0 aromatic heterocycles. The van der Waals surface area contributed by atoms with E-state index in [-0.39, 0.29) is 33.6 Å². The first kappa shape index (κ1) is 22.5. The number of rotatable bonds is 6. The summed E-state index contributed by atoms with van der Waals surface area (Å²) in [7, 11) is 4.24. The average Bonchev–Trinajstić information content (AvgIpc) is 2.73.